The molecule has 0 amide bonds. The molecule has 0 heterocycles. The van der Waals surface area contributed by atoms with Crippen molar-refractivity contribution in [2.75, 3.05) is 31.4 Å². The Morgan fingerprint density at radius 2 is 2.05 bits per heavy atom. The molecule has 1 fully saturated rings. The third-order valence-corrected chi connectivity index (χ3v) is 6.32. The first kappa shape index (κ1) is 17.3. The summed E-state index contributed by atoms with van der Waals surface area (Å²) in [5.41, 5.74) is 0. The maximum Gasteiger partial charge on any atom is 0.214 e. The van der Waals surface area contributed by atoms with Crippen LogP contribution in [0.15, 0.2) is 0 Å². The van der Waals surface area contributed by atoms with Crippen molar-refractivity contribution in [3.63, 3.8) is 0 Å². The Hall–Kier alpha value is 0.220. The number of rotatable bonds is 11. The van der Waals surface area contributed by atoms with Crippen molar-refractivity contribution in [1.29, 1.82) is 0 Å². The molecule has 1 atom stereocenters. The fourth-order valence-electron chi connectivity index (χ4n) is 1.89. The van der Waals surface area contributed by atoms with Crippen molar-refractivity contribution in [2.45, 2.75) is 51.1 Å². The summed E-state index contributed by atoms with van der Waals surface area (Å²) in [7, 11) is -1.37. The second kappa shape index (κ2) is 8.49. The number of nitrogens with one attached hydrogen (secondary N) is 1. The van der Waals surface area contributed by atoms with Gasteiger partial charge in [-0.3, -0.25) is 0 Å². The first-order valence-corrected chi connectivity index (χ1v) is 10.2. The molecule has 0 radical (unpaired) electrons. The molecule has 1 saturated carbocycles. The predicted molar refractivity (Wildman–Crippen MR) is 84.3 cm³/mol. The molecule has 19 heavy (non-hydrogen) atoms. The van der Waals surface area contributed by atoms with E-state index in [2.05, 4.69) is 5.32 Å². The van der Waals surface area contributed by atoms with Gasteiger partial charge < -0.3 is 5.32 Å². The maximum atomic E-state index is 12.1. The zero-order valence-electron chi connectivity index (χ0n) is 12.4. The fraction of sp³-hybridized carbons (Fsp3) is 1.00. The van der Waals surface area contributed by atoms with Gasteiger partial charge in [0.15, 0.2) is 0 Å². The summed E-state index contributed by atoms with van der Waals surface area (Å²) in [5.74, 6) is 1.28. The lowest BCUT2D eigenvalue weighted by atomic mass is 10.3. The molecule has 4 nitrogen and oxygen atoms in total. The van der Waals surface area contributed by atoms with Crippen molar-refractivity contribution in [1.82, 2.24) is 9.62 Å². The first-order valence-electron chi connectivity index (χ1n) is 7.15. The van der Waals surface area contributed by atoms with E-state index in [0.717, 1.165) is 31.6 Å². The quantitative estimate of drug-likeness (QED) is 0.593. The lowest BCUT2D eigenvalue weighted by Gasteiger charge is -2.24. The highest BCUT2D eigenvalue weighted by Crippen LogP contribution is 2.18. The Bertz CT molecular complexity index is 343. The molecule has 1 aliphatic rings. The third kappa shape index (κ3) is 6.97. The van der Waals surface area contributed by atoms with Crippen LogP contribution in [-0.4, -0.2) is 56.2 Å². The number of hydrogen-bond donors (Lipinski definition) is 1. The van der Waals surface area contributed by atoms with Crippen LogP contribution in [0.1, 0.15) is 39.0 Å². The molecule has 114 valence electrons. The zero-order chi connectivity index (χ0) is 14.3. The van der Waals surface area contributed by atoms with E-state index in [1.165, 1.54) is 12.8 Å². The molecule has 0 aliphatic heterocycles. The Labute approximate surface area is 122 Å². The van der Waals surface area contributed by atoms with E-state index < -0.39 is 10.0 Å². The van der Waals surface area contributed by atoms with Crippen molar-refractivity contribution < 1.29 is 8.42 Å². The molecule has 0 aromatic carbocycles. The number of thioether (sulfide) groups is 1. The number of sulfonamides is 1. The van der Waals surface area contributed by atoms with Crippen molar-refractivity contribution >= 4 is 21.8 Å². The standard InChI is InChI=1S/C13H28N2O2S2/c1-12(8-10-18-3)15(2)19(16,17)11-5-4-9-14-13-6-7-13/h12-14H,4-11H2,1-3H3. The first-order chi connectivity index (χ1) is 8.97. The largest absolute Gasteiger partial charge is 0.314 e. The smallest absolute Gasteiger partial charge is 0.214 e. The van der Waals surface area contributed by atoms with Crippen LogP contribution in [0.3, 0.4) is 0 Å². The van der Waals surface area contributed by atoms with Gasteiger partial charge in [-0.25, -0.2) is 12.7 Å². The summed E-state index contributed by atoms with van der Waals surface area (Å²) in [5, 5.41) is 3.41. The molecule has 1 unspecified atom stereocenters. The van der Waals surface area contributed by atoms with Gasteiger partial charge in [-0.2, -0.15) is 11.8 Å². The summed E-state index contributed by atoms with van der Waals surface area (Å²) in [6.45, 7) is 2.94. The lowest BCUT2D eigenvalue weighted by Crippen LogP contribution is -2.37. The highest BCUT2D eigenvalue weighted by Gasteiger charge is 2.23. The molecule has 6 heteroatoms. The third-order valence-electron chi connectivity index (χ3n) is 3.64. The Kier molecular flexibility index (Phi) is 7.72. The van der Waals surface area contributed by atoms with Crippen LogP contribution in [0.2, 0.25) is 0 Å². The SMILES string of the molecule is CSCCC(C)N(C)S(=O)(=O)CCCCNC1CC1. The minimum Gasteiger partial charge on any atom is -0.314 e. The van der Waals surface area contributed by atoms with E-state index in [1.54, 1.807) is 23.1 Å². The Morgan fingerprint density at radius 1 is 1.37 bits per heavy atom. The Balaban J connectivity index is 2.20. The monoisotopic (exact) mass is 308 g/mol. The van der Waals surface area contributed by atoms with Crippen LogP contribution in [0.25, 0.3) is 0 Å². The molecular formula is C13H28N2O2S2. The van der Waals surface area contributed by atoms with Gasteiger partial charge in [0.1, 0.15) is 0 Å². The maximum absolute atomic E-state index is 12.1. The second-order valence-corrected chi connectivity index (χ2v) is 8.53. The summed E-state index contributed by atoms with van der Waals surface area (Å²) < 4.78 is 25.8. The number of hydrogen-bond acceptors (Lipinski definition) is 4. The van der Waals surface area contributed by atoms with Crippen LogP contribution in [0.5, 0.6) is 0 Å². The van der Waals surface area contributed by atoms with Gasteiger partial charge in [0.25, 0.3) is 0 Å². The summed E-state index contributed by atoms with van der Waals surface area (Å²) in [4.78, 5) is 0. The molecule has 1 aliphatic carbocycles. The van der Waals surface area contributed by atoms with Gasteiger partial charge in [-0.1, -0.05) is 0 Å². The second-order valence-electron chi connectivity index (χ2n) is 5.40. The van der Waals surface area contributed by atoms with Crippen molar-refractivity contribution in [3.8, 4) is 0 Å². The molecule has 0 spiro atoms. The normalized spacial score (nSPS) is 17.9. The number of unbranched alkanes of at least 4 members (excludes halogenated alkanes) is 1. The topological polar surface area (TPSA) is 49.4 Å². The highest BCUT2D eigenvalue weighted by molar-refractivity contribution is 7.98. The summed E-state index contributed by atoms with van der Waals surface area (Å²) >= 11 is 1.76. The average Bonchev–Trinajstić information content (AvgIpc) is 3.18. The summed E-state index contributed by atoms with van der Waals surface area (Å²) in [6, 6.07) is 0.813. The summed E-state index contributed by atoms with van der Waals surface area (Å²) in [6.07, 6.45) is 7.24. The van der Waals surface area contributed by atoms with Gasteiger partial charge in [-0.15, -0.1) is 0 Å². The minimum absolute atomic E-state index is 0.0991. The van der Waals surface area contributed by atoms with E-state index in [1.807, 2.05) is 13.2 Å². The predicted octanol–water partition coefficient (Wildman–Crippen LogP) is 1.92. The van der Waals surface area contributed by atoms with Crippen molar-refractivity contribution in [3.05, 3.63) is 0 Å². The minimum atomic E-state index is -3.08. The molecule has 0 aromatic rings. The van der Waals surface area contributed by atoms with E-state index in [4.69, 9.17) is 0 Å². The van der Waals surface area contributed by atoms with Crippen LogP contribution < -0.4 is 5.32 Å². The fourth-order valence-corrected chi connectivity index (χ4v) is 3.98. The molecule has 0 saturated heterocycles. The van der Waals surface area contributed by atoms with Gasteiger partial charge >= 0.3 is 0 Å². The lowest BCUT2D eigenvalue weighted by molar-refractivity contribution is 0.381. The van der Waals surface area contributed by atoms with E-state index in [0.29, 0.717) is 6.04 Å². The van der Waals surface area contributed by atoms with E-state index >= 15 is 0 Å². The Morgan fingerprint density at radius 3 is 2.63 bits per heavy atom. The van der Waals surface area contributed by atoms with Crippen molar-refractivity contribution in [2.24, 2.45) is 0 Å². The molecule has 0 aromatic heterocycles. The van der Waals surface area contributed by atoms with Crippen LogP contribution in [-0.2, 0) is 10.0 Å². The van der Waals surface area contributed by atoms with Gasteiger partial charge in [-0.05, 0) is 57.6 Å². The van der Waals surface area contributed by atoms with Gasteiger partial charge in [0.2, 0.25) is 10.0 Å². The van der Waals surface area contributed by atoms with Crippen LogP contribution in [0.4, 0.5) is 0 Å². The van der Waals surface area contributed by atoms with E-state index in [-0.39, 0.29) is 11.8 Å². The van der Waals surface area contributed by atoms with Gasteiger partial charge in [0, 0.05) is 19.1 Å². The highest BCUT2D eigenvalue weighted by atomic mass is 32.2. The van der Waals surface area contributed by atoms with E-state index in [9.17, 15) is 8.42 Å². The molecule has 0 bridgehead atoms. The van der Waals surface area contributed by atoms with Crippen LogP contribution in [0, 0.1) is 0 Å². The average molecular weight is 309 g/mol. The van der Waals surface area contributed by atoms with Gasteiger partial charge in [0.05, 0.1) is 5.75 Å². The van der Waals surface area contributed by atoms with Crippen LogP contribution >= 0.6 is 11.8 Å². The molecular weight excluding hydrogens is 280 g/mol. The number of nitrogens with zero attached hydrogens (tertiary/aromatic N) is 1. The molecule has 1 rings (SSSR count). The zero-order valence-corrected chi connectivity index (χ0v) is 14.0. The molecule has 1 N–H and O–H groups in total.